The molecule has 9 heteroatoms. The normalized spacial score (nSPS) is 11.8. The van der Waals surface area contributed by atoms with Crippen molar-refractivity contribution in [2.45, 2.75) is 33.1 Å². The van der Waals surface area contributed by atoms with Gasteiger partial charge in [-0.15, -0.1) is 10.2 Å². The second kappa shape index (κ2) is 6.40. The maximum atomic E-state index is 12.6. The molecule has 9 nitrogen and oxygen atoms in total. The zero-order valence-electron chi connectivity index (χ0n) is 14.9. The SMILES string of the molecule is [C-]#[N+]c1c(N=Nc2c(C)[nH]n(-c3ccccn3)c2=O)n[nH]c1C(C)(C)C. The third-order valence-corrected chi connectivity index (χ3v) is 3.75. The van der Waals surface area contributed by atoms with Crippen LogP contribution in [0, 0.1) is 13.5 Å². The van der Waals surface area contributed by atoms with Gasteiger partial charge in [-0.3, -0.25) is 15.0 Å². The monoisotopic (exact) mass is 350 g/mol. The van der Waals surface area contributed by atoms with Crippen molar-refractivity contribution in [1.29, 1.82) is 0 Å². The number of hydrogen-bond donors (Lipinski definition) is 2. The zero-order valence-corrected chi connectivity index (χ0v) is 14.9. The number of aromatic nitrogens is 5. The largest absolute Gasteiger partial charge is 0.300 e. The van der Waals surface area contributed by atoms with Gasteiger partial charge in [0.25, 0.3) is 5.69 Å². The number of pyridine rings is 1. The number of rotatable bonds is 3. The molecule has 2 N–H and O–H groups in total. The van der Waals surface area contributed by atoms with E-state index in [0.717, 1.165) is 0 Å². The second-order valence-electron chi connectivity index (χ2n) is 6.75. The number of aryl methyl sites for hydroxylation is 1. The smallest absolute Gasteiger partial charge is 0.292 e. The van der Waals surface area contributed by atoms with Crippen molar-refractivity contribution in [2.24, 2.45) is 10.2 Å². The number of nitrogens with one attached hydrogen (secondary N) is 2. The van der Waals surface area contributed by atoms with Crippen molar-refractivity contribution in [1.82, 2.24) is 25.0 Å². The molecule has 26 heavy (non-hydrogen) atoms. The third kappa shape index (κ3) is 3.04. The van der Waals surface area contributed by atoms with Crippen LogP contribution in [0.1, 0.15) is 32.2 Å². The summed E-state index contributed by atoms with van der Waals surface area (Å²) in [6.45, 7) is 15.0. The highest BCUT2D eigenvalue weighted by atomic mass is 16.1. The average Bonchev–Trinajstić information content (AvgIpc) is 3.14. The van der Waals surface area contributed by atoms with Crippen LogP contribution in [0.25, 0.3) is 10.7 Å². The first-order chi connectivity index (χ1) is 12.3. The highest BCUT2D eigenvalue weighted by molar-refractivity contribution is 5.66. The number of hydrogen-bond acceptors (Lipinski definition) is 5. The van der Waals surface area contributed by atoms with Crippen molar-refractivity contribution in [3.63, 3.8) is 0 Å². The molecule has 3 aromatic rings. The van der Waals surface area contributed by atoms with E-state index in [1.807, 2.05) is 20.8 Å². The fourth-order valence-corrected chi connectivity index (χ4v) is 2.43. The van der Waals surface area contributed by atoms with Crippen LogP contribution in [-0.4, -0.2) is 25.0 Å². The van der Waals surface area contributed by atoms with Gasteiger partial charge in [-0.1, -0.05) is 26.8 Å². The predicted molar refractivity (Wildman–Crippen MR) is 96.6 cm³/mol. The first-order valence-electron chi connectivity index (χ1n) is 7.94. The predicted octanol–water partition coefficient (Wildman–Crippen LogP) is 3.86. The molecule has 0 saturated carbocycles. The molecule has 0 bridgehead atoms. The van der Waals surface area contributed by atoms with E-state index in [1.165, 1.54) is 4.68 Å². The van der Waals surface area contributed by atoms with Crippen LogP contribution in [0.3, 0.4) is 0 Å². The molecule has 0 aliphatic rings. The summed E-state index contributed by atoms with van der Waals surface area (Å²) in [5.41, 5.74) is 1.02. The van der Waals surface area contributed by atoms with Crippen molar-refractivity contribution in [3.05, 3.63) is 57.6 Å². The summed E-state index contributed by atoms with van der Waals surface area (Å²) < 4.78 is 1.30. The Morgan fingerprint density at radius 1 is 1.27 bits per heavy atom. The molecule has 3 rings (SSSR count). The van der Waals surface area contributed by atoms with Crippen LogP contribution < -0.4 is 5.56 Å². The summed E-state index contributed by atoms with van der Waals surface area (Å²) in [5.74, 6) is 0.619. The van der Waals surface area contributed by atoms with Crippen molar-refractivity contribution < 1.29 is 0 Å². The highest BCUT2D eigenvalue weighted by Crippen LogP contribution is 2.37. The second-order valence-corrected chi connectivity index (χ2v) is 6.75. The Balaban J connectivity index is 2.01. The van der Waals surface area contributed by atoms with Gasteiger partial charge in [0.05, 0.1) is 12.3 Å². The van der Waals surface area contributed by atoms with Gasteiger partial charge in [0, 0.05) is 11.9 Å². The Kier molecular flexibility index (Phi) is 4.26. The van der Waals surface area contributed by atoms with E-state index >= 15 is 0 Å². The van der Waals surface area contributed by atoms with E-state index in [9.17, 15) is 4.79 Å². The van der Waals surface area contributed by atoms with Crippen LogP contribution in [0.5, 0.6) is 0 Å². The molecule has 3 heterocycles. The summed E-state index contributed by atoms with van der Waals surface area (Å²) in [7, 11) is 0. The standard InChI is InChI=1S/C17H18N8O/c1-10-12(16(26)25(24-10)11-8-6-7-9-19-11)20-22-15-13(18-5)14(21-23-15)17(2,3)4/h6-9,24H,1-4H3,(H,21,23). The van der Waals surface area contributed by atoms with E-state index in [1.54, 1.807) is 31.3 Å². The lowest BCUT2D eigenvalue weighted by Crippen LogP contribution is -2.15. The van der Waals surface area contributed by atoms with E-state index < -0.39 is 0 Å². The van der Waals surface area contributed by atoms with Crippen molar-refractivity contribution in [2.75, 3.05) is 0 Å². The van der Waals surface area contributed by atoms with Crippen LogP contribution in [0.2, 0.25) is 0 Å². The fourth-order valence-electron chi connectivity index (χ4n) is 2.43. The maximum Gasteiger partial charge on any atom is 0.300 e. The molecule has 0 radical (unpaired) electrons. The van der Waals surface area contributed by atoms with Crippen LogP contribution in [0.15, 0.2) is 39.4 Å². The highest BCUT2D eigenvalue weighted by Gasteiger charge is 2.24. The fraction of sp³-hybridized carbons (Fsp3) is 0.294. The first kappa shape index (κ1) is 17.3. The summed E-state index contributed by atoms with van der Waals surface area (Å²) >= 11 is 0. The number of aromatic amines is 2. The molecule has 0 atom stereocenters. The van der Waals surface area contributed by atoms with E-state index in [-0.39, 0.29) is 22.5 Å². The molecular weight excluding hydrogens is 332 g/mol. The molecule has 0 spiro atoms. The topological polar surface area (TPSA) is 108 Å². The quantitative estimate of drug-likeness (QED) is 0.553. The molecule has 0 unspecified atom stereocenters. The van der Waals surface area contributed by atoms with Gasteiger partial charge < -0.3 is 0 Å². The van der Waals surface area contributed by atoms with Gasteiger partial charge in [0.2, 0.25) is 5.82 Å². The Bertz CT molecular complexity index is 1060. The van der Waals surface area contributed by atoms with E-state index in [2.05, 4.69) is 35.4 Å². The minimum absolute atomic E-state index is 0.145. The number of azo groups is 1. The minimum atomic E-state index is -0.374. The van der Waals surface area contributed by atoms with Crippen LogP contribution in [0.4, 0.5) is 17.2 Å². The lowest BCUT2D eigenvalue weighted by Gasteiger charge is -2.16. The van der Waals surface area contributed by atoms with Gasteiger partial charge in [-0.05, 0) is 24.5 Å². The molecule has 0 fully saturated rings. The lowest BCUT2D eigenvalue weighted by atomic mass is 9.91. The summed E-state index contributed by atoms with van der Waals surface area (Å²) in [4.78, 5) is 20.2. The lowest BCUT2D eigenvalue weighted by molar-refractivity contribution is 0.569. The number of nitrogens with zero attached hydrogens (tertiary/aromatic N) is 6. The average molecular weight is 350 g/mol. The molecule has 0 aliphatic heterocycles. The molecule has 132 valence electrons. The van der Waals surface area contributed by atoms with Gasteiger partial charge in [-0.2, -0.15) is 9.78 Å². The molecule has 0 amide bonds. The molecule has 0 aliphatic carbocycles. The van der Waals surface area contributed by atoms with Crippen LogP contribution >= 0.6 is 0 Å². The van der Waals surface area contributed by atoms with Gasteiger partial charge in [0.1, 0.15) is 0 Å². The third-order valence-electron chi connectivity index (χ3n) is 3.75. The molecule has 0 saturated heterocycles. The van der Waals surface area contributed by atoms with Crippen molar-refractivity contribution in [3.8, 4) is 5.82 Å². The minimum Gasteiger partial charge on any atom is -0.292 e. The molecular formula is C17H18N8O. The Morgan fingerprint density at radius 2 is 2.04 bits per heavy atom. The van der Waals surface area contributed by atoms with Crippen LogP contribution in [-0.2, 0) is 5.41 Å². The Hall–Kier alpha value is -3.54. The first-order valence-corrected chi connectivity index (χ1v) is 7.94. The van der Waals surface area contributed by atoms with E-state index in [0.29, 0.717) is 22.9 Å². The van der Waals surface area contributed by atoms with Gasteiger partial charge in [0.15, 0.2) is 11.5 Å². The molecule has 0 aromatic carbocycles. The maximum absolute atomic E-state index is 12.6. The zero-order chi connectivity index (χ0) is 18.9. The Morgan fingerprint density at radius 3 is 2.65 bits per heavy atom. The summed E-state index contributed by atoms with van der Waals surface area (Å²) in [6.07, 6.45) is 1.60. The van der Waals surface area contributed by atoms with E-state index in [4.69, 9.17) is 6.57 Å². The Labute approximate surface area is 149 Å². The molecule has 3 aromatic heterocycles. The summed E-state index contributed by atoms with van der Waals surface area (Å²) in [5, 5.41) is 17.9. The van der Waals surface area contributed by atoms with Gasteiger partial charge >= 0.3 is 5.56 Å². The summed E-state index contributed by atoms with van der Waals surface area (Å²) in [6, 6.07) is 5.26. The van der Waals surface area contributed by atoms with Crippen molar-refractivity contribution >= 4 is 17.2 Å². The number of H-pyrrole nitrogens is 2. The van der Waals surface area contributed by atoms with Gasteiger partial charge in [-0.25, -0.2) is 9.83 Å².